The Morgan fingerprint density at radius 3 is 2.67 bits per heavy atom. The minimum absolute atomic E-state index is 0.220. The Morgan fingerprint density at radius 2 is 2.10 bits per heavy atom. The zero-order valence-electron chi connectivity index (χ0n) is 12.7. The van der Waals surface area contributed by atoms with Gasteiger partial charge in [0.05, 0.1) is 11.8 Å². The lowest BCUT2D eigenvalue weighted by Gasteiger charge is -2.21. The first kappa shape index (κ1) is 15.8. The molecule has 1 aliphatic rings. The van der Waals surface area contributed by atoms with Gasteiger partial charge in [-0.2, -0.15) is 0 Å². The van der Waals surface area contributed by atoms with Crippen molar-refractivity contribution in [1.82, 2.24) is 4.90 Å². The topological polar surface area (TPSA) is 43.8 Å². The number of halogens is 1. The fraction of sp³-hybridized carbons (Fsp3) is 0.562. The molecule has 0 aromatic heterocycles. The van der Waals surface area contributed by atoms with Crippen LogP contribution in [0.15, 0.2) is 18.2 Å². The molecule has 1 aromatic carbocycles. The van der Waals surface area contributed by atoms with Crippen molar-refractivity contribution in [3.8, 4) is 0 Å². The van der Waals surface area contributed by atoms with Crippen LogP contribution in [0.3, 0.4) is 0 Å². The van der Waals surface area contributed by atoms with E-state index in [1.54, 1.807) is 26.1 Å². The molecule has 1 fully saturated rings. The van der Waals surface area contributed by atoms with E-state index in [0.717, 1.165) is 25.9 Å². The van der Waals surface area contributed by atoms with Crippen molar-refractivity contribution in [2.45, 2.75) is 32.3 Å². The molecule has 2 rings (SSSR count). The molecule has 1 unspecified atom stereocenters. The van der Waals surface area contributed by atoms with Gasteiger partial charge in [-0.15, -0.1) is 0 Å². The second-order valence-corrected chi connectivity index (χ2v) is 5.72. The fourth-order valence-electron chi connectivity index (χ4n) is 2.56. The largest absolute Gasteiger partial charge is 0.393 e. The average Bonchev–Trinajstić information content (AvgIpc) is 2.97. The third-order valence-electron chi connectivity index (χ3n) is 3.87. The molecule has 0 bridgehead atoms. The Hall–Kier alpha value is -1.62. The number of amides is 1. The average molecular weight is 294 g/mol. The summed E-state index contributed by atoms with van der Waals surface area (Å²) in [6.07, 6.45) is 2.23. The summed E-state index contributed by atoms with van der Waals surface area (Å²) < 4.78 is 14.2. The predicted molar refractivity (Wildman–Crippen MR) is 81.1 cm³/mol. The predicted octanol–water partition coefficient (Wildman–Crippen LogP) is 2.27. The first-order valence-electron chi connectivity index (χ1n) is 7.47. The molecule has 21 heavy (non-hydrogen) atoms. The van der Waals surface area contributed by atoms with Crippen LogP contribution < -0.4 is 4.90 Å². The minimum atomic E-state index is -0.450. The Labute approximate surface area is 125 Å². The van der Waals surface area contributed by atoms with Gasteiger partial charge in [-0.25, -0.2) is 4.39 Å². The second kappa shape index (κ2) is 6.89. The molecular formula is C16H23FN2O2. The molecule has 0 aliphatic carbocycles. The van der Waals surface area contributed by atoms with Crippen molar-refractivity contribution in [2.75, 3.05) is 31.6 Å². The van der Waals surface area contributed by atoms with Gasteiger partial charge >= 0.3 is 0 Å². The summed E-state index contributed by atoms with van der Waals surface area (Å²) in [5.74, 6) is -0.561. The molecular weight excluding hydrogens is 271 g/mol. The molecule has 1 aliphatic heterocycles. The summed E-state index contributed by atoms with van der Waals surface area (Å²) >= 11 is 0. The second-order valence-electron chi connectivity index (χ2n) is 5.72. The number of benzene rings is 1. The Bertz CT molecular complexity index is 499. The Balaban J connectivity index is 2.06. The molecule has 1 amide bonds. The van der Waals surface area contributed by atoms with Gasteiger partial charge in [0.25, 0.3) is 5.91 Å². The minimum Gasteiger partial charge on any atom is -0.393 e. The number of aliphatic hydroxyl groups excluding tert-OH is 1. The molecule has 5 heteroatoms. The molecule has 0 radical (unpaired) electrons. The van der Waals surface area contributed by atoms with Crippen LogP contribution in [-0.4, -0.2) is 48.7 Å². The number of rotatable bonds is 5. The van der Waals surface area contributed by atoms with E-state index in [1.807, 2.05) is 4.90 Å². The number of carbonyl (C=O) groups excluding carboxylic acids is 1. The maximum absolute atomic E-state index is 14.2. The lowest BCUT2D eigenvalue weighted by atomic mass is 10.1. The van der Waals surface area contributed by atoms with E-state index in [4.69, 9.17) is 0 Å². The summed E-state index contributed by atoms with van der Waals surface area (Å²) in [7, 11) is 1.66. The Kier molecular flexibility index (Phi) is 5.17. The van der Waals surface area contributed by atoms with E-state index >= 15 is 0 Å². The van der Waals surface area contributed by atoms with E-state index in [1.165, 1.54) is 11.0 Å². The molecule has 1 atom stereocenters. The van der Waals surface area contributed by atoms with Crippen LogP contribution in [0.2, 0.25) is 0 Å². The van der Waals surface area contributed by atoms with Crippen molar-refractivity contribution < 1.29 is 14.3 Å². The van der Waals surface area contributed by atoms with Crippen LogP contribution in [0, 0.1) is 5.82 Å². The number of hydrogen-bond acceptors (Lipinski definition) is 3. The number of aliphatic hydroxyl groups is 1. The van der Waals surface area contributed by atoms with Crippen LogP contribution in [0.25, 0.3) is 0 Å². The molecule has 1 aromatic rings. The van der Waals surface area contributed by atoms with Gasteiger partial charge in [0.2, 0.25) is 0 Å². The highest BCUT2D eigenvalue weighted by atomic mass is 19.1. The number of carbonyl (C=O) groups is 1. The number of anilines is 1. The molecule has 116 valence electrons. The molecule has 1 saturated heterocycles. The van der Waals surface area contributed by atoms with Crippen molar-refractivity contribution >= 4 is 11.6 Å². The molecule has 4 nitrogen and oxygen atoms in total. The molecule has 1 N–H and O–H groups in total. The molecule has 1 heterocycles. The van der Waals surface area contributed by atoms with Crippen molar-refractivity contribution in [1.29, 1.82) is 0 Å². The van der Waals surface area contributed by atoms with Gasteiger partial charge in [0.15, 0.2) is 0 Å². The van der Waals surface area contributed by atoms with Crippen LogP contribution in [-0.2, 0) is 0 Å². The van der Waals surface area contributed by atoms with Crippen molar-refractivity contribution in [3.05, 3.63) is 29.6 Å². The highest BCUT2D eigenvalue weighted by Crippen LogP contribution is 2.24. The normalized spacial score (nSPS) is 16.1. The van der Waals surface area contributed by atoms with Crippen LogP contribution in [0.4, 0.5) is 10.1 Å². The van der Waals surface area contributed by atoms with Crippen molar-refractivity contribution in [3.63, 3.8) is 0 Å². The summed E-state index contributed by atoms with van der Waals surface area (Å²) in [5.41, 5.74) is 0.930. The van der Waals surface area contributed by atoms with Gasteiger partial charge in [-0.05, 0) is 44.4 Å². The van der Waals surface area contributed by atoms with E-state index in [9.17, 15) is 14.3 Å². The third-order valence-corrected chi connectivity index (χ3v) is 3.87. The monoisotopic (exact) mass is 294 g/mol. The summed E-state index contributed by atoms with van der Waals surface area (Å²) in [6.45, 7) is 3.88. The van der Waals surface area contributed by atoms with E-state index in [0.29, 0.717) is 24.2 Å². The van der Waals surface area contributed by atoms with E-state index < -0.39 is 6.10 Å². The highest BCUT2D eigenvalue weighted by molar-refractivity contribution is 5.94. The quantitative estimate of drug-likeness (QED) is 0.906. The summed E-state index contributed by atoms with van der Waals surface area (Å²) in [5, 5.41) is 9.25. The number of hydrogen-bond donors (Lipinski definition) is 1. The molecule has 0 saturated carbocycles. The Morgan fingerprint density at radius 1 is 1.43 bits per heavy atom. The van der Waals surface area contributed by atoms with Crippen LogP contribution >= 0.6 is 0 Å². The third kappa shape index (κ3) is 3.94. The maximum atomic E-state index is 14.2. The lowest BCUT2D eigenvalue weighted by molar-refractivity contribution is 0.0768. The van der Waals surface area contributed by atoms with Gasteiger partial charge in [-0.1, -0.05) is 0 Å². The summed E-state index contributed by atoms with van der Waals surface area (Å²) in [4.78, 5) is 15.7. The van der Waals surface area contributed by atoms with Gasteiger partial charge in [0, 0.05) is 32.2 Å². The highest BCUT2D eigenvalue weighted by Gasteiger charge is 2.19. The fourth-order valence-corrected chi connectivity index (χ4v) is 2.56. The number of nitrogens with zero attached hydrogens (tertiary/aromatic N) is 2. The first-order chi connectivity index (χ1) is 9.99. The van der Waals surface area contributed by atoms with E-state index in [2.05, 4.69) is 0 Å². The SMILES string of the molecule is CC(O)CCN(C)C(=O)c1ccc(N2CCCC2)c(F)c1. The summed E-state index contributed by atoms with van der Waals surface area (Å²) in [6, 6.07) is 4.68. The maximum Gasteiger partial charge on any atom is 0.253 e. The molecule has 0 spiro atoms. The van der Waals surface area contributed by atoms with Gasteiger partial charge < -0.3 is 14.9 Å². The van der Waals surface area contributed by atoms with Crippen LogP contribution in [0.5, 0.6) is 0 Å². The van der Waals surface area contributed by atoms with E-state index in [-0.39, 0.29) is 11.7 Å². The first-order valence-corrected chi connectivity index (χ1v) is 7.47. The zero-order valence-corrected chi connectivity index (χ0v) is 12.7. The zero-order chi connectivity index (χ0) is 15.4. The standard InChI is InChI=1S/C16H23FN2O2/c1-12(20)7-10-18(2)16(21)13-5-6-15(14(17)11-13)19-8-3-4-9-19/h5-6,11-12,20H,3-4,7-10H2,1-2H3. The van der Waals surface area contributed by atoms with Crippen molar-refractivity contribution in [2.24, 2.45) is 0 Å². The van der Waals surface area contributed by atoms with Gasteiger partial charge in [-0.3, -0.25) is 4.79 Å². The smallest absolute Gasteiger partial charge is 0.253 e. The van der Waals surface area contributed by atoms with Crippen LogP contribution in [0.1, 0.15) is 36.5 Å². The van der Waals surface area contributed by atoms with Gasteiger partial charge in [0.1, 0.15) is 5.82 Å². The lowest BCUT2D eigenvalue weighted by Crippen LogP contribution is -2.29.